The van der Waals surface area contributed by atoms with Gasteiger partial charge in [0.15, 0.2) is 0 Å². The van der Waals surface area contributed by atoms with Crippen molar-refractivity contribution in [3.8, 4) is 0 Å². The summed E-state index contributed by atoms with van der Waals surface area (Å²) in [5.74, 6) is -2.91. The van der Waals surface area contributed by atoms with Crippen molar-refractivity contribution in [2.45, 2.75) is 70.3 Å². The Morgan fingerprint density at radius 3 is 1.53 bits per heavy atom. The summed E-state index contributed by atoms with van der Waals surface area (Å²) in [6.45, 7) is 0.524. The van der Waals surface area contributed by atoms with Crippen LogP contribution in [0.1, 0.15) is 64.2 Å². The summed E-state index contributed by atoms with van der Waals surface area (Å²) in [6, 6.07) is 0. The van der Waals surface area contributed by atoms with Crippen LogP contribution in [0.4, 0.5) is 0 Å². The van der Waals surface area contributed by atoms with Gasteiger partial charge in [-0.3, -0.25) is 19.2 Å². The maximum absolute atomic E-state index is 11.2. The van der Waals surface area contributed by atoms with Crippen LogP contribution >= 0.6 is 0 Å². The van der Waals surface area contributed by atoms with E-state index in [4.69, 9.17) is 35.0 Å². The van der Waals surface area contributed by atoms with E-state index in [1.54, 1.807) is 0 Å². The molecule has 0 spiro atoms. The number of aliphatic hydroxyl groups is 2. The predicted octanol–water partition coefficient (Wildman–Crippen LogP) is 1.04. The van der Waals surface area contributed by atoms with Crippen LogP contribution < -0.4 is 0 Å². The topological polar surface area (TPSA) is 188 Å². The van der Waals surface area contributed by atoms with E-state index in [-0.39, 0.29) is 44.9 Å². The second kappa shape index (κ2) is 21.5. The van der Waals surface area contributed by atoms with Crippen molar-refractivity contribution < 1.29 is 54.2 Å². The van der Waals surface area contributed by atoms with Gasteiger partial charge in [-0.05, 0) is 38.5 Å². The monoisotopic (exact) mass is 438 g/mol. The Balaban J connectivity index is 0. The maximum atomic E-state index is 11.2. The number of aliphatic hydroxyl groups excluding tert-OH is 2. The third-order valence-electron chi connectivity index (χ3n) is 3.52. The van der Waals surface area contributed by atoms with Crippen LogP contribution in [0.15, 0.2) is 0 Å². The van der Waals surface area contributed by atoms with Crippen LogP contribution in [-0.4, -0.2) is 81.9 Å². The molecule has 0 aliphatic heterocycles. The molecule has 0 aromatic carbocycles. The normalized spacial score (nSPS) is 11.1. The number of hydrogen-bond donors (Lipinski definition) is 5. The number of carboxylic acids is 3. The van der Waals surface area contributed by atoms with Crippen molar-refractivity contribution >= 4 is 23.9 Å². The van der Waals surface area contributed by atoms with E-state index >= 15 is 0 Å². The molecule has 0 saturated carbocycles. The Bertz CT molecular complexity index is 463. The van der Waals surface area contributed by atoms with Crippen molar-refractivity contribution in [2.75, 3.05) is 26.4 Å². The predicted molar refractivity (Wildman–Crippen MR) is 104 cm³/mol. The highest BCUT2D eigenvalue weighted by molar-refractivity contribution is 5.69. The largest absolute Gasteiger partial charge is 0.481 e. The van der Waals surface area contributed by atoms with Crippen LogP contribution in [0, 0.1) is 0 Å². The summed E-state index contributed by atoms with van der Waals surface area (Å²) in [6.07, 6.45) is 2.85. The van der Waals surface area contributed by atoms with E-state index in [2.05, 4.69) is 0 Å². The molecule has 0 aliphatic carbocycles. The van der Waals surface area contributed by atoms with Crippen LogP contribution in [0.5, 0.6) is 0 Å². The number of carbonyl (C=O) groups is 4. The van der Waals surface area contributed by atoms with Crippen LogP contribution in [0.25, 0.3) is 0 Å². The van der Waals surface area contributed by atoms with Gasteiger partial charge in [-0.25, -0.2) is 0 Å². The zero-order chi connectivity index (χ0) is 23.2. The molecule has 0 radical (unpaired) electrons. The summed E-state index contributed by atoms with van der Waals surface area (Å²) in [5.41, 5.74) is 0. The first-order valence-corrected chi connectivity index (χ1v) is 9.86. The van der Waals surface area contributed by atoms with Crippen LogP contribution in [0.3, 0.4) is 0 Å². The fourth-order valence-corrected chi connectivity index (χ4v) is 1.93. The molecule has 5 N–H and O–H groups in total. The van der Waals surface area contributed by atoms with Gasteiger partial charge in [0.25, 0.3) is 0 Å². The number of unbranched alkanes of at least 4 members (excludes halogenated alkanes) is 3. The zero-order valence-corrected chi connectivity index (χ0v) is 17.2. The molecule has 1 unspecified atom stereocenters. The third-order valence-corrected chi connectivity index (χ3v) is 3.52. The molecule has 0 saturated heterocycles. The van der Waals surface area contributed by atoms with E-state index in [9.17, 15) is 19.2 Å². The fraction of sp³-hybridized carbons (Fsp3) is 0.789. The van der Waals surface area contributed by atoms with E-state index < -0.39 is 24.0 Å². The zero-order valence-electron chi connectivity index (χ0n) is 17.2. The molecule has 0 heterocycles. The Hall–Kier alpha value is -2.24. The van der Waals surface area contributed by atoms with E-state index in [1.807, 2.05) is 0 Å². The summed E-state index contributed by atoms with van der Waals surface area (Å²) in [7, 11) is 0. The lowest BCUT2D eigenvalue weighted by Gasteiger charge is -2.08. The number of ether oxygens (including phenoxy) is 2. The van der Waals surface area contributed by atoms with Crippen molar-refractivity contribution in [3.63, 3.8) is 0 Å². The summed E-state index contributed by atoms with van der Waals surface area (Å²) >= 11 is 0. The van der Waals surface area contributed by atoms with Gasteiger partial charge in [-0.1, -0.05) is 0 Å². The van der Waals surface area contributed by atoms with Crippen molar-refractivity contribution in [2.24, 2.45) is 0 Å². The minimum atomic E-state index is -0.870. The number of esters is 1. The van der Waals surface area contributed by atoms with Gasteiger partial charge >= 0.3 is 23.9 Å². The molecule has 0 fully saturated rings. The molecule has 0 amide bonds. The summed E-state index contributed by atoms with van der Waals surface area (Å²) in [4.78, 5) is 41.3. The quantitative estimate of drug-likeness (QED) is 0.152. The molecule has 0 rings (SSSR count). The SMILES string of the molecule is O=C(O)CCCCC(=O)O.O=C(O)CCCCC(=O)OCCCCOCC(O)CO. The minimum Gasteiger partial charge on any atom is -0.481 e. The molecule has 30 heavy (non-hydrogen) atoms. The second-order valence-corrected chi connectivity index (χ2v) is 6.43. The van der Waals surface area contributed by atoms with Crippen molar-refractivity contribution in [3.05, 3.63) is 0 Å². The van der Waals surface area contributed by atoms with Gasteiger partial charge in [0.05, 0.1) is 19.8 Å². The van der Waals surface area contributed by atoms with E-state index in [1.165, 1.54) is 0 Å². The molecule has 11 heteroatoms. The average molecular weight is 438 g/mol. The first-order valence-electron chi connectivity index (χ1n) is 9.86. The Morgan fingerprint density at radius 1 is 0.667 bits per heavy atom. The first-order chi connectivity index (χ1) is 14.2. The Morgan fingerprint density at radius 2 is 1.10 bits per heavy atom. The van der Waals surface area contributed by atoms with Crippen LogP contribution in [-0.2, 0) is 28.7 Å². The lowest BCUT2D eigenvalue weighted by atomic mass is 10.2. The number of rotatable bonds is 18. The standard InChI is InChI=1S/C13H24O7.C6H10O4/c14-9-11(15)10-19-7-3-4-8-20-13(18)6-2-1-5-12(16)17;7-5(8)3-1-2-4-6(9)10/h11,14-15H,1-10H2,(H,16,17);1-4H2,(H,7,8)(H,9,10). The number of aliphatic carboxylic acids is 3. The summed E-state index contributed by atoms with van der Waals surface area (Å²) < 4.78 is 10.1. The van der Waals surface area contributed by atoms with E-state index in [0.29, 0.717) is 51.7 Å². The van der Waals surface area contributed by atoms with Gasteiger partial charge in [0.2, 0.25) is 0 Å². The molecule has 1 atom stereocenters. The number of carbonyl (C=O) groups excluding carboxylic acids is 1. The highest BCUT2D eigenvalue weighted by Crippen LogP contribution is 2.02. The molecular weight excluding hydrogens is 404 g/mol. The minimum absolute atomic E-state index is 0.0628. The number of carboxylic acid groups (broad SMARTS) is 3. The molecule has 0 aromatic rings. The average Bonchev–Trinajstić information content (AvgIpc) is 2.67. The van der Waals surface area contributed by atoms with Gasteiger partial charge in [0.1, 0.15) is 6.10 Å². The van der Waals surface area contributed by atoms with Gasteiger partial charge in [0, 0.05) is 32.3 Å². The molecule has 176 valence electrons. The summed E-state index contributed by atoms with van der Waals surface area (Å²) in [5, 5.41) is 42.2. The molecular formula is C19H34O11. The first kappa shape index (κ1) is 30.0. The van der Waals surface area contributed by atoms with Gasteiger partial charge in [-0.2, -0.15) is 0 Å². The van der Waals surface area contributed by atoms with Crippen molar-refractivity contribution in [1.29, 1.82) is 0 Å². The van der Waals surface area contributed by atoms with Gasteiger partial charge in [-0.15, -0.1) is 0 Å². The molecule has 0 bridgehead atoms. The van der Waals surface area contributed by atoms with Crippen molar-refractivity contribution in [1.82, 2.24) is 0 Å². The molecule has 0 aromatic heterocycles. The second-order valence-electron chi connectivity index (χ2n) is 6.43. The van der Waals surface area contributed by atoms with Gasteiger partial charge < -0.3 is 35.0 Å². The lowest BCUT2D eigenvalue weighted by Crippen LogP contribution is -2.19. The third kappa shape index (κ3) is 28.0. The Labute approximate surface area is 175 Å². The number of hydrogen-bond acceptors (Lipinski definition) is 8. The lowest BCUT2D eigenvalue weighted by molar-refractivity contribution is -0.144. The molecule has 11 nitrogen and oxygen atoms in total. The van der Waals surface area contributed by atoms with E-state index in [0.717, 1.165) is 0 Å². The fourth-order valence-electron chi connectivity index (χ4n) is 1.93. The Kier molecular flexibility index (Phi) is 21.4. The highest BCUT2D eigenvalue weighted by atomic mass is 16.5. The smallest absolute Gasteiger partial charge is 0.305 e. The maximum Gasteiger partial charge on any atom is 0.305 e. The molecule has 0 aliphatic rings. The highest BCUT2D eigenvalue weighted by Gasteiger charge is 2.04. The van der Waals surface area contributed by atoms with Crippen LogP contribution in [0.2, 0.25) is 0 Å².